The first-order valence-corrected chi connectivity index (χ1v) is 9.86. The van der Waals surface area contributed by atoms with Crippen LogP contribution in [0.5, 0.6) is 11.5 Å². The molecule has 142 valence electrons. The van der Waals surface area contributed by atoms with Crippen molar-refractivity contribution in [3.63, 3.8) is 0 Å². The molecule has 0 radical (unpaired) electrons. The number of amides is 1. The number of methoxy groups -OCH3 is 1. The summed E-state index contributed by atoms with van der Waals surface area (Å²) >= 11 is 1.46. The monoisotopic (exact) mass is 384 g/mol. The van der Waals surface area contributed by atoms with Crippen LogP contribution < -0.4 is 20.1 Å². The Morgan fingerprint density at radius 2 is 1.93 bits per heavy atom. The van der Waals surface area contributed by atoms with Crippen LogP contribution in [0, 0.1) is 0 Å². The van der Waals surface area contributed by atoms with E-state index in [0.717, 1.165) is 17.7 Å². The van der Waals surface area contributed by atoms with Crippen LogP contribution in [0.15, 0.2) is 47.4 Å². The van der Waals surface area contributed by atoms with Crippen molar-refractivity contribution in [1.29, 1.82) is 0 Å². The minimum absolute atomic E-state index is 0.0875. The maximum absolute atomic E-state index is 12.3. The predicted molar refractivity (Wildman–Crippen MR) is 111 cm³/mol. The fourth-order valence-electron chi connectivity index (χ4n) is 2.75. The summed E-state index contributed by atoms with van der Waals surface area (Å²) in [5.74, 6) is 1.26. The molecule has 3 rings (SSSR count). The predicted octanol–water partition coefficient (Wildman–Crippen LogP) is 4.26. The van der Waals surface area contributed by atoms with Gasteiger partial charge in [-0.2, -0.15) is 0 Å². The highest BCUT2D eigenvalue weighted by Gasteiger charge is 2.27. The number of hydrogen-bond acceptors (Lipinski definition) is 5. The van der Waals surface area contributed by atoms with Crippen molar-refractivity contribution >= 4 is 29.4 Å². The van der Waals surface area contributed by atoms with Gasteiger partial charge in [-0.3, -0.25) is 4.79 Å². The number of rotatable bonds is 7. The second-order valence-corrected chi connectivity index (χ2v) is 7.16. The second-order valence-electron chi connectivity index (χ2n) is 6.02. The Balaban J connectivity index is 1.71. The van der Waals surface area contributed by atoms with Crippen LogP contribution in [0.4, 0.5) is 5.69 Å². The van der Waals surface area contributed by atoms with Gasteiger partial charge in [0.2, 0.25) is 0 Å². The third-order valence-electron chi connectivity index (χ3n) is 4.18. The molecule has 1 saturated heterocycles. The first-order valence-electron chi connectivity index (χ1n) is 8.98. The van der Waals surface area contributed by atoms with Gasteiger partial charge in [-0.15, -0.1) is 0 Å². The van der Waals surface area contributed by atoms with Crippen LogP contribution in [0.25, 0.3) is 6.08 Å². The largest absolute Gasteiger partial charge is 0.493 e. The van der Waals surface area contributed by atoms with Crippen LogP contribution in [-0.4, -0.2) is 25.1 Å². The third kappa shape index (κ3) is 4.77. The van der Waals surface area contributed by atoms with Gasteiger partial charge in [0.15, 0.2) is 17.0 Å². The number of aryl methyl sites for hydroxylation is 1. The molecule has 0 saturated carbocycles. The van der Waals surface area contributed by atoms with Crippen molar-refractivity contribution in [3.05, 3.63) is 58.5 Å². The SMILES string of the molecule is CCOc1ccc(/C=C2\S[C@@H](Nc3ccc(CC)cc3)NC2=O)cc1OC. The number of hydrogen-bond donors (Lipinski definition) is 2. The van der Waals surface area contributed by atoms with E-state index in [1.165, 1.54) is 17.3 Å². The summed E-state index contributed by atoms with van der Waals surface area (Å²) in [5, 5.41) is 6.28. The molecule has 2 aromatic carbocycles. The molecule has 1 fully saturated rings. The molecule has 0 aliphatic carbocycles. The van der Waals surface area contributed by atoms with Gasteiger partial charge in [0.25, 0.3) is 5.91 Å². The molecule has 0 unspecified atom stereocenters. The Morgan fingerprint density at radius 1 is 1.15 bits per heavy atom. The lowest BCUT2D eigenvalue weighted by atomic mass is 10.1. The molecule has 0 spiro atoms. The smallest absolute Gasteiger partial charge is 0.260 e. The molecule has 1 heterocycles. The summed E-state index contributed by atoms with van der Waals surface area (Å²) in [6.45, 7) is 4.63. The second kappa shape index (κ2) is 8.86. The maximum atomic E-state index is 12.3. The first-order chi connectivity index (χ1) is 13.1. The van der Waals surface area contributed by atoms with Crippen molar-refractivity contribution in [2.45, 2.75) is 25.8 Å². The van der Waals surface area contributed by atoms with Gasteiger partial charge in [-0.25, -0.2) is 0 Å². The highest BCUT2D eigenvalue weighted by atomic mass is 32.2. The lowest BCUT2D eigenvalue weighted by molar-refractivity contribution is -0.116. The van der Waals surface area contributed by atoms with Crippen molar-refractivity contribution in [2.75, 3.05) is 19.0 Å². The van der Waals surface area contributed by atoms with E-state index in [-0.39, 0.29) is 11.4 Å². The molecule has 2 N–H and O–H groups in total. The molecular weight excluding hydrogens is 360 g/mol. The van der Waals surface area contributed by atoms with Crippen molar-refractivity contribution in [2.24, 2.45) is 0 Å². The number of anilines is 1. The van der Waals surface area contributed by atoms with Crippen molar-refractivity contribution in [3.8, 4) is 11.5 Å². The molecule has 1 atom stereocenters. The normalized spacial score (nSPS) is 17.7. The van der Waals surface area contributed by atoms with Crippen LogP contribution in [-0.2, 0) is 11.2 Å². The molecule has 1 amide bonds. The lowest BCUT2D eigenvalue weighted by Gasteiger charge is -2.13. The van der Waals surface area contributed by atoms with E-state index >= 15 is 0 Å². The molecule has 6 heteroatoms. The zero-order chi connectivity index (χ0) is 19.2. The summed E-state index contributed by atoms with van der Waals surface area (Å²) in [7, 11) is 1.61. The Bertz CT molecular complexity index is 834. The average Bonchev–Trinajstić information content (AvgIpc) is 3.02. The van der Waals surface area contributed by atoms with Gasteiger partial charge >= 0.3 is 0 Å². The van der Waals surface area contributed by atoms with Crippen LogP contribution in [0.1, 0.15) is 25.0 Å². The van der Waals surface area contributed by atoms with Crippen molar-refractivity contribution in [1.82, 2.24) is 5.32 Å². The fraction of sp³-hybridized carbons (Fsp3) is 0.286. The molecule has 1 aliphatic heterocycles. The number of nitrogens with one attached hydrogen (secondary N) is 2. The maximum Gasteiger partial charge on any atom is 0.260 e. The number of carbonyl (C=O) groups is 1. The third-order valence-corrected chi connectivity index (χ3v) is 5.20. The Morgan fingerprint density at radius 3 is 2.59 bits per heavy atom. The van der Waals surface area contributed by atoms with Gasteiger partial charge in [-0.05, 0) is 54.8 Å². The van der Waals surface area contributed by atoms with Gasteiger partial charge in [0, 0.05) is 5.69 Å². The lowest BCUT2D eigenvalue weighted by Crippen LogP contribution is -2.30. The Hall–Kier alpha value is -2.60. The molecule has 2 aromatic rings. The van der Waals surface area contributed by atoms with Gasteiger partial charge in [0.1, 0.15) is 0 Å². The number of ether oxygens (including phenoxy) is 2. The summed E-state index contributed by atoms with van der Waals surface area (Å²) in [4.78, 5) is 13.0. The number of carbonyl (C=O) groups excluding carboxylic acids is 1. The first kappa shape index (κ1) is 19.2. The fourth-order valence-corrected chi connectivity index (χ4v) is 3.74. The minimum Gasteiger partial charge on any atom is -0.493 e. The van der Waals surface area contributed by atoms with Gasteiger partial charge in [0.05, 0.1) is 18.6 Å². The zero-order valence-corrected chi connectivity index (χ0v) is 16.6. The Kier molecular flexibility index (Phi) is 6.29. The molecule has 27 heavy (non-hydrogen) atoms. The quantitative estimate of drug-likeness (QED) is 0.699. The van der Waals surface area contributed by atoms with E-state index in [2.05, 4.69) is 29.7 Å². The highest BCUT2D eigenvalue weighted by molar-refractivity contribution is 8.05. The molecule has 0 bridgehead atoms. The van der Waals surface area contributed by atoms with Gasteiger partial charge < -0.3 is 20.1 Å². The number of thioether (sulfide) groups is 1. The van der Waals surface area contributed by atoms with E-state index in [0.29, 0.717) is 23.0 Å². The average molecular weight is 385 g/mol. The standard InChI is InChI=1S/C21H24N2O3S/c1-4-14-6-9-16(10-7-14)22-21-23-20(24)19(27-21)13-15-8-11-17(26-5-2)18(12-15)25-3/h6-13,21-22H,4-5H2,1-3H3,(H,23,24)/b19-13-/t21-/m0/s1. The summed E-state index contributed by atoms with van der Waals surface area (Å²) in [5.41, 5.74) is 2.96. The number of benzene rings is 2. The summed E-state index contributed by atoms with van der Waals surface area (Å²) in [6.07, 6.45) is 2.87. The Labute approximate surface area is 164 Å². The van der Waals surface area contributed by atoms with Crippen LogP contribution in [0.3, 0.4) is 0 Å². The molecule has 5 nitrogen and oxygen atoms in total. The van der Waals surface area contributed by atoms with E-state index in [4.69, 9.17) is 9.47 Å². The van der Waals surface area contributed by atoms with Crippen LogP contribution in [0.2, 0.25) is 0 Å². The van der Waals surface area contributed by atoms with Crippen molar-refractivity contribution < 1.29 is 14.3 Å². The summed E-state index contributed by atoms with van der Waals surface area (Å²) < 4.78 is 10.9. The van der Waals surface area contributed by atoms with E-state index < -0.39 is 0 Å². The minimum atomic E-state index is -0.194. The molecule has 0 aromatic heterocycles. The van der Waals surface area contributed by atoms with Crippen LogP contribution >= 0.6 is 11.8 Å². The zero-order valence-electron chi connectivity index (χ0n) is 15.7. The summed E-state index contributed by atoms with van der Waals surface area (Å²) in [6, 6.07) is 13.9. The molecular formula is C21H24N2O3S. The topological polar surface area (TPSA) is 59.6 Å². The van der Waals surface area contributed by atoms with E-state index in [1.54, 1.807) is 7.11 Å². The molecule has 1 aliphatic rings. The van der Waals surface area contributed by atoms with Gasteiger partial charge in [-0.1, -0.05) is 36.9 Å². The highest BCUT2D eigenvalue weighted by Crippen LogP contribution is 2.33. The van der Waals surface area contributed by atoms with E-state index in [9.17, 15) is 4.79 Å². The van der Waals surface area contributed by atoms with E-state index in [1.807, 2.05) is 43.3 Å².